The van der Waals surface area contributed by atoms with Gasteiger partial charge in [0.15, 0.2) is 22.4 Å². The maximum atomic E-state index is 13.1. The Morgan fingerprint density at radius 2 is 1.91 bits per heavy atom. The van der Waals surface area contributed by atoms with Crippen LogP contribution in [-0.2, 0) is 6.54 Å². The SMILES string of the molecule is Cc1cc(C(=O)Cn2nc(-c3ccc4c(c3)OCCCO4)ccc2=O)c(C)n1-c1nccs1. The Bertz CT molecular complexity index is 1390. The van der Waals surface area contributed by atoms with Gasteiger partial charge >= 0.3 is 0 Å². The second-order valence-corrected chi connectivity index (χ2v) is 8.66. The van der Waals surface area contributed by atoms with Crippen LogP contribution in [0.15, 0.2) is 52.8 Å². The third-order valence-corrected chi connectivity index (χ3v) is 6.30. The number of rotatable bonds is 5. The molecular weight excluding hydrogens is 440 g/mol. The van der Waals surface area contributed by atoms with Crippen molar-refractivity contribution in [2.75, 3.05) is 13.2 Å². The van der Waals surface area contributed by atoms with E-state index >= 15 is 0 Å². The Morgan fingerprint density at radius 3 is 2.70 bits per heavy atom. The van der Waals surface area contributed by atoms with Crippen LogP contribution in [0.1, 0.15) is 28.2 Å². The average molecular weight is 463 g/mol. The Morgan fingerprint density at radius 1 is 1.09 bits per heavy atom. The van der Waals surface area contributed by atoms with Gasteiger partial charge in [0.25, 0.3) is 5.56 Å². The fourth-order valence-corrected chi connectivity index (χ4v) is 4.68. The van der Waals surface area contributed by atoms with Crippen molar-refractivity contribution < 1.29 is 14.3 Å². The van der Waals surface area contributed by atoms with E-state index in [4.69, 9.17) is 9.47 Å². The molecule has 33 heavy (non-hydrogen) atoms. The monoisotopic (exact) mass is 462 g/mol. The molecule has 0 atom stereocenters. The highest BCUT2D eigenvalue weighted by Crippen LogP contribution is 2.33. The fraction of sp³-hybridized carbons (Fsp3) is 0.250. The van der Waals surface area contributed by atoms with E-state index in [2.05, 4.69) is 10.1 Å². The van der Waals surface area contributed by atoms with Crippen LogP contribution in [0.25, 0.3) is 16.4 Å². The molecule has 0 saturated carbocycles. The van der Waals surface area contributed by atoms with E-state index in [1.807, 2.05) is 48.1 Å². The number of hydrogen-bond acceptors (Lipinski definition) is 7. The lowest BCUT2D eigenvalue weighted by Crippen LogP contribution is -2.26. The second kappa shape index (κ2) is 8.67. The van der Waals surface area contributed by atoms with Gasteiger partial charge in [-0.05, 0) is 44.2 Å². The van der Waals surface area contributed by atoms with Gasteiger partial charge in [-0.3, -0.25) is 14.2 Å². The summed E-state index contributed by atoms with van der Waals surface area (Å²) < 4.78 is 14.6. The van der Waals surface area contributed by atoms with E-state index in [1.54, 1.807) is 12.3 Å². The number of ketones is 1. The van der Waals surface area contributed by atoms with Gasteiger partial charge in [-0.15, -0.1) is 11.3 Å². The molecule has 0 saturated heterocycles. The first kappa shape index (κ1) is 21.1. The van der Waals surface area contributed by atoms with Crippen molar-refractivity contribution in [1.29, 1.82) is 0 Å². The third-order valence-electron chi connectivity index (χ3n) is 5.55. The van der Waals surface area contributed by atoms with Crippen LogP contribution in [-0.4, -0.2) is 38.3 Å². The lowest BCUT2D eigenvalue weighted by Gasteiger charge is -2.10. The van der Waals surface area contributed by atoms with Gasteiger partial charge in [0.05, 0.1) is 18.9 Å². The van der Waals surface area contributed by atoms with E-state index in [1.165, 1.54) is 22.1 Å². The predicted molar refractivity (Wildman–Crippen MR) is 125 cm³/mol. The highest BCUT2D eigenvalue weighted by Gasteiger charge is 2.19. The topological polar surface area (TPSA) is 88.2 Å². The minimum absolute atomic E-state index is 0.153. The van der Waals surface area contributed by atoms with Crippen LogP contribution in [0, 0.1) is 13.8 Å². The Labute approximate surface area is 194 Å². The van der Waals surface area contributed by atoms with Gasteiger partial charge in [0.1, 0.15) is 6.54 Å². The van der Waals surface area contributed by atoms with E-state index in [0.717, 1.165) is 28.5 Å². The van der Waals surface area contributed by atoms with Crippen LogP contribution < -0.4 is 15.0 Å². The maximum absolute atomic E-state index is 13.1. The van der Waals surface area contributed by atoms with Crippen LogP contribution in [0.5, 0.6) is 11.5 Å². The highest BCUT2D eigenvalue weighted by atomic mass is 32.1. The molecule has 1 aliphatic rings. The summed E-state index contributed by atoms with van der Waals surface area (Å²) in [7, 11) is 0. The van der Waals surface area contributed by atoms with Crippen molar-refractivity contribution in [1.82, 2.24) is 19.3 Å². The number of benzene rings is 1. The van der Waals surface area contributed by atoms with Gasteiger partial charge in [-0.1, -0.05) is 0 Å². The fourth-order valence-electron chi connectivity index (χ4n) is 3.93. The summed E-state index contributed by atoms with van der Waals surface area (Å²) in [5.74, 6) is 1.15. The molecule has 1 aliphatic heterocycles. The standard InChI is InChI=1S/C24H22N4O4S/c1-15-12-18(16(2)28(15)24-25-8-11-33-24)20(29)14-27-23(30)7-5-19(26-27)17-4-6-21-22(13-17)32-10-3-9-31-21/h4-8,11-13H,3,9-10,14H2,1-2H3. The summed E-state index contributed by atoms with van der Waals surface area (Å²) in [4.78, 5) is 30.0. The number of aryl methyl sites for hydroxylation is 1. The largest absolute Gasteiger partial charge is 0.490 e. The molecule has 0 bridgehead atoms. The van der Waals surface area contributed by atoms with Crippen molar-refractivity contribution in [3.63, 3.8) is 0 Å². The molecule has 0 unspecified atom stereocenters. The van der Waals surface area contributed by atoms with E-state index in [0.29, 0.717) is 36.0 Å². The Kier molecular flexibility index (Phi) is 5.55. The molecule has 4 heterocycles. The summed E-state index contributed by atoms with van der Waals surface area (Å²) in [6, 6.07) is 10.5. The molecule has 5 rings (SSSR count). The lowest BCUT2D eigenvalue weighted by atomic mass is 10.1. The molecule has 0 amide bonds. The molecular formula is C24H22N4O4S. The van der Waals surface area contributed by atoms with Crippen molar-refractivity contribution in [2.24, 2.45) is 0 Å². The number of aromatic nitrogens is 4. The van der Waals surface area contributed by atoms with Crippen LogP contribution in [0.4, 0.5) is 0 Å². The number of carbonyl (C=O) groups excluding carboxylic acids is 1. The van der Waals surface area contributed by atoms with Crippen LogP contribution >= 0.6 is 11.3 Å². The second-order valence-electron chi connectivity index (χ2n) is 7.78. The first-order valence-electron chi connectivity index (χ1n) is 10.6. The highest BCUT2D eigenvalue weighted by molar-refractivity contribution is 7.12. The van der Waals surface area contributed by atoms with Crippen LogP contribution in [0.3, 0.4) is 0 Å². The Balaban J connectivity index is 1.44. The van der Waals surface area contributed by atoms with E-state index < -0.39 is 0 Å². The molecule has 1 aromatic carbocycles. The van der Waals surface area contributed by atoms with Crippen LogP contribution in [0.2, 0.25) is 0 Å². The summed E-state index contributed by atoms with van der Waals surface area (Å²) in [6.45, 7) is 4.85. The number of hydrogen-bond donors (Lipinski definition) is 0. The summed E-state index contributed by atoms with van der Waals surface area (Å²) in [6.07, 6.45) is 2.55. The van der Waals surface area contributed by atoms with Crippen molar-refractivity contribution >= 4 is 17.1 Å². The van der Waals surface area contributed by atoms with E-state index in [-0.39, 0.29) is 17.9 Å². The van der Waals surface area contributed by atoms with E-state index in [9.17, 15) is 9.59 Å². The van der Waals surface area contributed by atoms with Crippen molar-refractivity contribution in [3.05, 3.63) is 75.3 Å². The summed E-state index contributed by atoms with van der Waals surface area (Å²) >= 11 is 1.50. The number of ether oxygens (including phenoxy) is 2. The Hall–Kier alpha value is -3.72. The molecule has 4 aromatic rings. The quantitative estimate of drug-likeness (QED) is 0.419. The minimum Gasteiger partial charge on any atom is -0.490 e. The molecule has 0 aliphatic carbocycles. The predicted octanol–water partition coefficient (Wildman–Crippen LogP) is 3.82. The molecule has 168 valence electrons. The number of nitrogens with zero attached hydrogens (tertiary/aromatic N) is 4. The smallest absolute Gasteiger partial charge is 0.267 e. The van der Waals surface area contributed by atoms with Gasteiger partial charge in [-0.2, -0.15) is 5.10 Å². The molecule has 8 nitrogen and oxygen atoms in total. The van der Waals surface area contributed by atoms with Crippen molar-refractivity contribution in [2.45, 2.75) is 26.8 Å². The molecule has 0 spiro atoms. The summed E-state index contributed by atoms with van der Waals surface area (Å²) in [5, 5.41) is 7.15. The molecule has 0 fully saturated rings. The van der Waals surface area contributed by atoms with Crippen molar-refractivity contribution in [3.8, 4) is 27.9 Å². The zero-order valence-corrected chi connectivity index (χ0v) is 19.1. The number of carbonyl (C=O) groups is 1. The zero-order chi connectivity index (χ0) is 22.9. The summed E-state index contributed by atoms with van der Waals surface area (Å²) in [5.41, 5.74) is 3.27. The average Bonchev–Trinajstić information content (AvgIpc) is 3.35. The molecule has 0 N–H and O–H groups in total. The molecule has 3 aromatic heterocycles. The van der Waals surface area contributed by atoms with Gasteiger partial charge < -0.3 is 9.47 Å². The third kappa shape index (κ3) is 4.07. The lowest BCUT2D eigenvalue weighted by molar-refractivity contribution is 0.0965. The first-order chi connectivity index (χ1) is 16.0. The van der Waals surface area contributed by atoms with Gasteiger partial charge in [0.2, 0.25) is 0 Å². The number of Topliss-reactive ketones (excluding diaryl/α,β-unsaturated/α-hetero) is 1. The number of thiazole rings is 1. The molecule has 9 heteroatoms. The first-order valence-corrected chi connectivity index (χ1v) is 11.5. The van der Waals surface area contributed by atoms with Gasteiger partial charge in [-0.25, -0.2) is 9.67 Å². The zero-order valence-electron chi connectivity index (χ0n) is 18.3. The normalized spacial score (nSPS) is 13.0. The maximum Gasteiger partial charge on any atom is 0.267 e. The molecule has 0 radical (unpaired) electrons. The number of fused-ring (bicyclic) bond motifs is 1. The van der Waals surface area contributed by atoms with Gasteiger partial charge in [0, 0.05) is 46.6 Å². The minimum atomic E-state index is -0.338.